The number of hydrogen-bond donors (Lipinski definition) is 1. The van der Waals surface area contributed by atoms with Gasteiger partial charge in [0.2, 0.25) is 5.91 Å². The number of aryl methyl sites for hydroxylation is 1. The van der Waals surface area contributed by atoms with E-state index in [0.717, 1.165) is 15.0 Å². The van der Waals surface area contributed by atoms with Gasteiger partial charge in [0.15, 0.2) is 16.3 Å². The highest BCUT2D eigenvalue weighted by atomic mass is 35.5. The van der Waals surface area contributed by atoms with E-state index in [1.54, 1.807) is 12.3 Å². The van der Waals surface area contributed by atoms with Gasteiger partial charge in [-0.05, 0) is 6.07 Å². The Morgan fingerprint density at radius 2 is 1.93 bits per heavy atom. The molecule has 0 bridgehead atoms. The molecule has 0 spiro atoms. The molecule has 3 heterocycles. The molecule has 0 radical (unpaired) electrons. The molecule has 0 saturated heterocycles. The largest absolute Gasteiger partial charge is 0.332 e. The van der Waals surface area contributed by atoms with Crippen molar-refractivity contribution in [3.05, 3.63) is 62.7 Å². The van der Waals surface area contributed by atoms with E-state index >= 15 is 0 Å². The van der Waals surface area contributed by atoms with Crippen molar-refractivity contribution in [1.29, 1.82) is 0 Å². The van der Waals surface area contributed by atoms with E-state index in [1.807, 2.05) is 18.2 Å². The molecule has 0 fully saturated rings. The molecule has 9 nitrogen and oxygen atoms in total. The average Bonchev–Trinajstić information content (AvgIpc) is 3.32. The first-order valence-electron chi connectivity index (χ1n) is 8.48. The molecule has 1 amide bonds. The maximum atomic E-state index is 12.5. The number of carbonyl (C=O) groups is 1. The molecule has 11 heteroatoms. The molecule has 0 atom stereocenters. The maximum absolute atomic E-state index is 12.5. The summed E-state index contributed by atoms with van der Waals surface area (Å²) in [6.07, 6.45) is 3.00. The van der Waals surface area contributed by atoms with Gasteiger partial charge in [0, 0.05) is 30.9 Å². The number of amides is 1. The van der Waals surface area contributed by atoms with E-state index in [0.29, 0.717) is 10.2 Å². The molecule has 148 valence electrons. The molecule has 0 aliphatic rings. The molecular formula is C18H15ClN6O3S. The fraction of sp³-hybridized carbons (Fsp3) is 0.167. The fourth-order valence-corrected chi connectivity index (χ4v) is 4.11. The number of aromatic nitrogens is 5. The SMILES string of the molecule is Cn1c(=O)c2c(ncn2CC(=O)Nc2ncc(-c3ccccc3Cl)s2)n(C)c1=O. The lowest BCUT2D eigenvalue weighted by atomic mass is 10.2. The van der Waals surface area contributed by atoms with E-state index in [2.05, 4.69) is 15.3 Å². The van der Waals surface area contributed by atoms with Gasteiger partial charge in [-0.3, -0.25) is 18.7 Å². The van der Waals surface area contributed by atoms with Gasteiger partial charge in [-0.15, -0.1) is 0 Å². The Morgan fingerprint density at radius 1 is 1.17 bits per heavy atom. The molecule has 4 rings (SSSR count). The van der Waals surface area contributed by atoms with Crippen molar-refractivity contribution in [1.82, 2.24) is 23.7 Å². The van der Waals surface area contributed by atoms with Crippen molar-refractivity contribution in [3.63, 3.8) is 0 Å². The van der Waals surface area contributed by atoms with Crippen LogP contribution in [-0.2, 0) is 25.4 Å². The monoisotopic (exact) mass is 430 g/mol. The van der Waals surface area contributed by atoms with Crippen LogP contribution in [0.1, 0.15) is 0 Å². The summed E-state index contributed by atoms with van der Waals surface area (Å²) in [6.45, 7) is -0.148. The number of rotatable bonds is 4. The molecule has 1 N–H and O–H groups in total. The molecule has 0 saturated carbocycles. The summed E-state index contributed by atoms with van der Waals surface area (Å²) in [6, 6.07) is 7.37. The highest BCUT2D eigenvalue weighted by Gasteiger charge is 2.17. The summed E-state index contributed by atoms with van der Waals surface area (Å²) in [5, 5.41) is 3.72. The van der Waals surface area contributed by atoms with Crippen molar-refractivity contribution in [2.75, 3.05) is 5.32 Å². The van der Waals surface area contributed by atoms with Crippen LogP contribution in [0.4, 0.5) is 5.13 Å². The smallest absolute Gasteiger partial charge is 0.315 e. The van der Waals surface area contributed by atoms with E-state index in [-0.39, 0.29) is 23.6 Å². The third kappa shape index (κ3) is 3.36. The second-order valence-electron chi connectivity index (χ2n) is 6.31. The third-order valence-corrected chi connectivity index (χ3v) is 5.70. The van der Waals surface area contributed by atoms with Crippen LogP contribution in [0.25, 0.3) is 21.6 Å². The number of hydrogen-bond acceptors (Lipinski definition) is 6. The van der Waals surface area contributed by atoms with Crippen LogP contribution in [0.2, 0.25) is 5.02 Å². The number of fused-ring (bicyclic) bond motifs is 1. The molecule has 29 heavy (non-hydrogen) atoms. The zero-order chi connectivity index (χ0) is 20.7. The highest BCUT2D eigenvalue weighted by molar-refractivity contribution is 7.19. The van der Waals surface area contributed by atoms with Gasteiger partial charge in [0.1, 0.15) is 6.54 Å². The molecule has 3 aromatic heterocycles. The van der Waals surface area contributed by atoms with Gasteiger partial charge in [-0.2, -0.15) is 0 Å². The lowest BCUT2D eigenvalue weighted by molar-refractivity contribution is -0.116. The second kappa shape index (κ2) is 7.30. The number of nitrogens with zero attached hydrogens (tertiary/aromatic N) is 5. The Labute approximate surface area is 172 Å². The first-order chi connectivity index (χ1) is 13.9. The maximum Gasteiger partial charge on any atom is 0.332 e. The number of imidazole rings is 1. The Hall–Kier alpha value is -3.24. The lowest BCUT2D eigenvalue weighted by Gasteiger charge is -2.06. The average molecular weight is 431 g/mol. The van der Waals surface area contributed by atoms with Gasteiger partial charge in [-0.1, -0.05) is 41.1 Å². The van der Waals surface area contributed by atoms with Crippen LogP contribution in [0.3, 0.4) is 0 Å². The first kappa shape index (κ1) is 19.1. The van der Waals surface area contributed by atoms with Crippen molar-refractivity contribution in [2.45, 2.75) is 6.54 Å². The van der Waals surface area contributed by atoms with E-state index in [9.17, 15) is 14.4 Å². The Kier molecular flexibility index (Phi) is 4.81. The Morgan fingerprint density at radius 3 is 2.69 bits per heavy atom. The highest BCUT2D eigenvalue weighted by Crippen LogP contribution is 2.33. The van der Waals surface area contributed by atoms with Gasteiger partial charge < -0.3 is 9.88 Å². The van der Waals surface area contributed by atoms with Crippen LogP contribution in [0.5, 0.6) is 0 Å². The van der Waals surface area contributed by atoms with Gasteiger partial charge in [0.05, 0.1) is 11.2 Å². The third-order valence-electron chi connectivity index (χ3n) is 4.42. The van der Waals surface area contributed by atoms with Crippen LogP contribution in [0.15, 0.2) is 46.4 Å². The summed E-state index contributed by atoms with van der Waals surface area (Å²) < 4.78 is 3.66. The second-order valence-corrected chi connectivity index (χ2v) is 7.75. The number of anilines is 1. The number of nitrogens with one attached hydrogen (secondary N) is 1. The first-order valence-corrected chi connectivity index (χ1v) is 9.67. The van der Waals surface area contributed by atoms with Crippen molar-refractivity contribution in [2.24, 2.45) is 14.1 Å². The number of benzene rings is 1. The summed E-state index contributed by atoms with van der Waals surface area (Å²) >= 11 is 7.49. The van der Waals surface area contributed by atoms with E-state index < -0.39 is 11.2 Å². The summed E-state index contributed by atoms with van der Waals surface area (Å²) in [4.78, 5) is 46.1. The summed E-state index contributed by atoms with van der Waals surface area (Å²) in [7, 11) is 2.90. The molecule has 0 aliphatic heterocycles. The topological polar surface area (TPSA) is 104 Å². The predicted molar refractivity (Wildman–Crippen MR) is 111 cm³/mol. The zero-order valence-electron chi connectivity index (χ0n) is 15.4. The summed E-state index contributed by atoms with van der Waals surface area (Å²) in [5.74, 6) is -0.375. The normalized spacial score (nSPS) is 11.1. The molecule has 0 aliphatic carbocycles. The van der Waals surface area contributed by atoms with Gasteiger partial charge >= 0.3 is 5.69 Å². The lowest BCUT2D eigenvalue weighted by Crippen LogP contribution is -2.37. The van der Waals surface area contributed by atoms with Crippen LogP contribution < -0.4 is 16.6 Å². The van der Waals surface area contributed by atoms with Crippen molar-refractivity contribution >= 4 is 45.1 Å². The number of thiazole rings is 1. The predicted octanol–water partition coefficient (Wildman–Crippen LogP) is 1.85. The quantitative estimate of drug-likeness (QED) is 0.532. The molecular weight excluding hydrogens is 416 g/mol. The van der Waals surface area contributed by atoms with Gasteiger partial charge in [0.25, 0.3) is 5.56 Å². The molecule has 1 aromatic carbocycles. The Balaban J connectivity index is 1.58. The van der Waals surface area contributed by atoms with Crippen LogP contribution >= 0.6 is 22.9 Å². The van der Waals surface area contributed by atoms with Crippen molar-refractivity contribution in [3.8, 4) is 10.4 Å². The number of halogens is 1. The van der Waals surface area contributed by atoms with E-state index in [1.165, 1.54) is 40.9 Å². The van der Waals surface area contributed by atoms with Crippen LogP contribution in [-0.4, -0.2) is 29.6 Å². The standard InChI is InChI=1S/C18H15ClN6O3S/c1-23-15-14(16(27)24(2)18(23)28)25(9-21-15)8-13(26)22-17-20-7-12(29-17)10-5-3-4-6-11(10)19/h3-7,9H,8H2,1-2H3,(H,20,22,26). The summed E-state index contributed by atoms with van der Waals surface area (Å²) in [5.41, 5.74) is 0.245. The van der Waals surface area contributed by atoms with Crippen LogP contribution in [0, 0.1) is 0 Å². The van der Waals surface area contributed by atoms with E-state index in [4.69, 9.17) is 11.6 Å². The minimum Gasteiger partial charge on any atom is -0.315 e. The van der Waals surface area contributed by atoms with Gasteiger partial charge in [-0.25, -0.2) is 14.8 Å². The Bertz CT molecular complexity index is 1370. The minimum atomic E-state index is -0.511. The molecule has 4 aromatic rings. The minimum absolute atomic E-state index is 0.148. The van der Waals surface area contributed by atoms with Crippen molar-refractivity contribution < 1.29 is 4.79 Å². The number of carbonyl (C=O) groups excluding carboxylic acids is 1. The molecule has 0 unspecified atom stereocenters. The fourth-order valence-electron chi connectivity index (χ4n) is 2.95. The zero-order valence-corrected chi connectivity index (χ0v) is 17.0.